The largest absolute Gasteiger partial charge is 0.506 e. The van der Waals surface area contributed by atoms with Crippen LogP contribution in [0.4, 0.5) is 5.69 Å². The zero-order chi connectivity index (χ0) is 13.4. The Balaban J connectivity index is 2.07. The number of rotatable bonds is 2. The lowest BCUT2D eigenvalue weighted by molar-refractivity contribution is 0.471. The molecule has 19 heavy (non-hydrogen) atoms. The maximum Gasteiger partial charge on any atom is 0.138 e. The molecule has 1 unspecified atom stereocenters. The SMILES string of the molecule is Cc1cccc2c1CN(c1ccccc1O)C2CN. The number of para-hydroxylation sites is 2. The maximum atomic E-state index is 10.1. The minimum atomic E-state index is 0.142. The minimum absolute atomic E-state index is 0.142. The molecule has 3 heteroatoms. The van der Waals surface area contributed by atoms with Crippen molar-refractivity contribution in [3.63, 3.8) is 0 Å². The predicted molar refractivity (Wildman–Crippen MR) is 77.3 cm³/mol. The van der Waals surface area contributed by atoms with Crippen molar-refractivity contribution in [2.24, 2.45) is 5.73 Å². The third-order valence-electron chi connectivity index (χ3n) is 3.92. The zero-order valence-corrected chi connectivity index (χ0v) is 11.0. The highest BCUT2D eigenvalue weighted by atomic mass is 16.3. The van der Waals surface area contributed by atoms with Gasteiger partial charge in [0.15, 0.2) is 0 Å². The van der Waals surface area contributed by atoms with Crippen molar-refractivity contribution in [2.45, 2.75) is 19.5 Å². The molecule has 98 valence electrons. The molecule has 0 radical (unpaired) electrons. The van der Waals surface area contributed by atoms with Crippen molar-refractivity contribution in [2.75, 3.05) is 11.4 Å². The summed E-state index contributed by atoms with van der Waals surface area (Å²) < 4.78 is 0. The number of hydrogen-bond donors (Lipinski definition) is 2. The first-order chi connectivity index (χ1) is 9.22. The van der Waals surface area contributed by atoms with Gasteiger partial charge in [-0.2, -0.15) is 0 Å². The van der Waals surface area contributed by atoms with E-state index in [9.17, 15) is 5.11 Å². The quantitative estimate of drug-likeness (QED) is 0.866. The highest BCUT2D eigenvalue weighted by molar-refractivity contribution is 5.62. The molecule has 1 atom stereocenters. The molecule has 1 heterocycles. The number of anilines is 1. The van der Waals surface area contributed by atoms with Gasteiger partial charge in [0.25, 0.3) is 0 Å². The standard InChI is InChI=1S/C16H18N2O/c1-11-5-4-6-12-13(11)10-18(15(12)9-17)14-7-2-3-8-16(14)19/h2-8,15,19H,9-10,17H2,1H3. The average Bonchev–Trinajstić information content (AvgIpc) is 2.79. The number of hydrogen-bond acceptors (Lipinski definition) is 3. The summed E-state index contributed by atoms with van der Waals surface area (Å²) in [6, 6.07) is 13.9. The molecule has 2 aromatic carbocycles. The molecule has 0 fully saturated rings. The summed E-state index contributed by atoms with van der Waals surface area (Å²) in [4.78, 5) is 2.19. The van der Waals surface area contributed by atoms with Gasteiger partial charge in [-0.25, -0.2) is 0 Å². The Labute approximate surface area is 113 Å². The van der Waals surface area contributed by atoms with Gasteiger partial charge in [-0.05, 0) is 35.7 Å². The third kappa shape index (κ3) is 1.87. The summed E-state index contributed by atoms with van der Waals surface area (Å²) in [5.74, 6) is 0.311. The predicted octanol–water partition coefficient (Wildman–Crippen LogP) is 2.72. The fourth-order valence-electron chi connectivity index (χ4n) is 2.92. The van der Waals surface area contributed by atoms with Crippen LogP contribution in [0.2, 0.25) is 0 Å². The Morgan fingerprint density at radius 2 is 2.00 bits per heavy atom. The highest BCUT2D eigenvalue weighted by Crippen LogP contribution is 2.41. The van der Waals surface area contributed by atoms with E-state index in [4.69, 9.17) is 5.73 Å². The van der Waals surface area contributed by atoms with Crippen LogP contribution in [0.5, 0.6) is 5.75 Å². The Kier molecular flexibility index (Phi) is 2.91. The molecule has 0 saturated carbocycles. The monoisotopic (exact) mass is 254 g/mol. The average molecular weight is 254 g/mol. The van der Waals surface area contributed by atoms with Gasteiger partial charge < -0.3 is 15.7 Å². The lowest BCUT2D eigenvalue weighted by Crippen LogP contribution is -2.27. The van der Waals surface area contributed by atoms with Crippen LogP contribution in [0, 0.1) is 6.92 Å². The Bertz CT molecular complexity index is 609. The number of aromatic hydroxyl groups is 1. The number of fused-ring (bicyclic) bond motifs is 1. The molecule has 0 aliphatic carbocycles. The molecule has 2 aromatic rings. The van der Waals surface area contributed by atoms with Crippen LogP contribution in [0.15, 0.2) is 42.5 Å². The number of nitrogens with two attached hydrogens (primary N) is 1. The number of phenolic OH excluding ortho intramolecular Hbond substituents is 1. The van der Waals surface area contributed by atoms with Crippen LogP contribution >= 0.6 is 0 Å². The van der Waals surface area contributed by atoms with Crippen LogP contribution < -0.4 is 10.6 Å². The second-order valence-corrected chi connectivity index (χ2v) is 5.01. The summed E-state index contributed by atoms with van der Waals surface area (Å²) in [6.07, 6.45) is 0. The molecular formula is C16H18N2O. The molecule has 1 aliphatic rings. The fraction of sp³-hybridized carbons (Fsp3) is 0.250. The van der Waals surface area contributed by atoms with Crippen molar-refractivity contribution >= 4 is 5.69 Å². The van der Waals surface area contributed by atoms with Crippen molar-refractivity contribution < 1.29 is 5.11 Å². The number of phenols is 1. The summed E-state index contributed by atoms with van der Waals surface area (Å²) in [5, 5.41) is 10.1. The Morgan fingerprint density at radius 1 is 1.21 bits per heavy atom. The van der Waals surface area contributed by atoms with Crippen LogP contribution in [0.3, 0.4) is 0 Å². The van der Waals surface area contributed by atoms with Gasteiger partial charge >= 0.3 is 0 Å². The van der Waals surface area contributed by atoms with Gasteiger partial charge in [-0.15, -0.1) is 0 Å². The summed E-state index contributed by atoms with van der Waals surface area (Å²) in [6.45, 7) is 3.48. The first-order valence-electron chi connectivity index (χ1n) is 6.55. The summed E-state index contributed by atoms with van der Waals surface area (Å²) in [5.41, 5.74) is 10.7. The topological polar surface area (TPSA) is 49.5 Å². The zero-order valence-electron chi connectivity index (χ0n) is 11.0. The van der Waals surface area contributed by atoms with Crippen molar-refractivity contribution in [1.29, 1.82) is 0 Å². The van der Waals surface area contributed by atoms with Crippen molar-refractivity contribution in [1.82, 2.24) is 0 Å². The number of nitrogens with zero attached hydrogens (tertiary/aromatic N) is 1. The van der Waals surface area contributed by atoms with Gasteiger partial charge in [0, 0.05) is 13.1 Å². The Morgan fingerprint density at radius 3 is 2.74 bits per heavy atom. The second kappa shape index (κ2) is 4.59. The van der Waals surface area contributed by atoms with Crippen LogP contribution in [0.25, 0.3) is 0 Å². The second-order valence-electron chi connectivity index (χ2n) is 5.01. The van der Waals surface area contributed by atoms with Gasteiger partial charge in [0.2, 0.25) is 0 Å². The highest BCUT2D eigenvalue weighted by Gasteiger charge is 2.31. The first kappa shape index (κ1) is 12.1. The first-order valence-corrected chi connectivity index (χ1v) is 6.55. The van der Waals surface area contributed by atoms with Gasteiger partial charge in [0.1, 0.15) is 5.75 Å². The van der Waals surface area contributed by atoms with Crippen LogP contribution in [0.1, 0.15) is 22.7 Å². The molecule has 3 nitrogen and oxygen atoms in total. The number of aryl methyl sites for hydroxylation is 1. The molecule has 0 amide bonds. The molecule has 0 spiro atoms. The molecule has 0 aromatic heterocycles. The van der Waals surface area contributed by atoms with E-state index in [1.165, 1.54) is 16.7 Å². The van der Waals surface area contributed by atoms with Crippen LogP contribution in [-0.2, 0) is 6.54 Å². The summed E-state index contributed by atoms with van der Waals surface area (Å²) in [7, 11) is 0. The van der Waals surface area contributed by atoms with Gasteiger partial charge in [-0.3, -0.25) is 0 Å². The lowest BCUT2D eigenvalue weighted by Gasteiger charge is -2.26. The lowest BCUT2D eigenvalue weighted by atomic mass is 10.0. The third-order valence-corrected chi connectivity index (χ3v) is 3.92. The molecule has 3 N–H and O–H groups in total. The molecule has 0 bridgehead atoms. The smallest absolute Gasteiger partial charge is 0.138 e. The summed E-state index contributed by atoms with van der Waals surface area (Å²) >= 11 is 0. The molecule has 3 rings (SSSR count). The van der Waals surface area contributed by atoms with E-state index in [-0.39, 0.29) is 6.04 Å². The van der Waals surface area contributed by atoms with Gasteiger partial charge in [-0.1, -0.05) is 30.3 Å². The molecule has 0 saturated heterocycles. The normalized spacial score (nSPS) is 17.6. The van der Waals surface area contributed by atoms with Crippen molar-refractivity contribution in [3.8, 4) is 5.75 Å². The minimum Gasteiger partial charge on any atom is -0.506 e. The molecular weight excluding hydrogens is 236 g/mol. The van der Waals surface area contributed by atoms with E-state index in [1.54, 1.807) is 6.07 Å². The number of benzene rings is 2. The van der Waals surface area contributed by atoms with E-state index in [0.29, 0.717) is 12.3 Å². The fourth-order valence-corrected chi connectivity index (χ4v) is 2.92. The van der Waals surface area contributed by atoms with E-state index < -0.39 is 0 Å². The molecule has 1 aliphatic heterocycles. The van der Waals surface area contributed by atoms with E-state index >= 15 is 0 Å². The van der Waals surface area contributed by atoms with Crippen molar-refractivity contribution in [3.05, 3.63) is 59.2 Å². The maximum absolute atomic E-state index is 10.1. The van der Waals surface area contributed by atoms with E-state index in [0.717, 1.165) is 12.2 Å². The van der Waals surface area contributed by atoms with E-state index in [2.05, 4.69) is 30.0 Å². The van der Waals surface area contributed by atoms with E-state index in [1.807, 2.05) is 18.2 Å². The Hall–Kier alpha value is -2.00. The van der Waals surface area contributed by atoms with Crippen LogP contribution in [-0.4, -0.2) is 11.7 Å². The van der Waals surface area contributed by atoms with Gasteiger partial charge in [0.05, 0.1) is 11.7 Å².